The molecule has 0 spiro atoms. The highest BCUT2D eigenvalue weighted by atomic mass is 19.1. The highest BCUT2D eigenvalue weighted by Gasteiger charge is 2.40. The Balaban J connectivity index is 1.19. The number of halogens is 1. The maximum absolute atomic E-state index is 14.6. The van der Waals surface area contributed by atoms with Crippen molar-refractivity contribution in [3.63, 3.8) is 0 Å². The normalized spacial score (nSPS) is 36.0. The van der Waals surface area contributed by atoms with Gasteiger partial charge in [0.1, 0.15) is 0 Å². The summed E-state index contributed by atoms with van der Waals surface area (Å²) in [4.78, 5) is 0. The van der Waals surface area contributed by atoms with Gasteiger partial charge in [-0.3, -0.25) is 0 Å². The monoisotopic (exact) mass is 442 g/mol. The molecule has 3 fully saturated rings. The van der Waals surface area contributed by atoms with Crippen molar-refractivity contribution < 1.29 is 13.9 Å². The van der Waals surface area contributed by atoms with Crippen LogP contribution >= 0.6 is 0 Å². The van der Waals surface area contributed by atoms with Gasteiger partial charge in [-0.15, -0.1) is 6.58 Å². The van der Waals surface area contributed by atoms with Crippen LogP contribution in [-0.2, 0) is 15.9 Å². The van der Waals surface area contributed by atoms with E-state index in [1.165, 1.54) is 62.5 Å². The van der Waals surface area contributed by atoms with Crippen molar-refractivity contribution in [3.05, 3.63) is 48.0 Å². The van der Waals surface area contributed by atoms with E-state index in [4.69, 9.17) is 9.47 Å². The summed E-state index contributed by atoms with van der Waals surface area (Å²) in [6, 6.07) is 9.37. The molecule has 0 radical (unpaired) electrons. The SMILES string of the molecule is C=CCCc1ccc(C2CCC(C3CCC(C4OCC(F)(CCC)CO4)CC3)CC2)cc1. The first-order valence-electron chi connectivity index (χ1n) is 13.2. The average molecular weight is 443 g/mol. The van der Waals surface area contributed by atoms with Crippen LogP contribution in [0, 0.1) is 17.8 Å². The van der Waals surface area contributed by atoms with E-state index in [0.29, 0.717) is 12.3 Å². The molecule has 0 amide bonds. The zero-order valence-corrected chi connectivity index (χ0v) is 20.1. The van der Waals surface area contributed by atoms with E-state index in [-0.39, 0.29) is 19.5 Å². The van der Waals surface area contributed by atoms with Crippen LogP contribution in [0.25, 0.3) is 0 Å². The minimum atomic E-state index is -1.27. The number of rotatable bonds is 8. The molecule has 178 valence electrons. The molecule has 1 heterocycles. The Morgan fingerprint density at radius 1 is 0.906 bits per heavy atom. The molecule has 0 atom stereocenters. The van der Waals surface area contributed by atoms with Crippen molar-refractivity contribution in [2.45, 2.75) is 102 Å². The Morgan fingerprint density at radius 3 is 2.03 bits per heavy atom. The van der Waals surface area contributed by atoms with Crippen molar-refractivity contribution in [3.8, 4) is 0 Å². The van der Waals surface area contributed by atoms with Crippen LogP contribution in [0.1, 0.15) is 94.6 Å². The fraction of sp³-hybridized carbons (Fsp3) is 0.724. The van der Waals surface area contributed by atoms with Crippen molar-refractivity contribution in [2.75, 3.05) is 13.2 Å². The third-order valence-electron chi connectivity index (χ3n) is 8.44. The summed E-state index contributed by atoms with van der Waals surface area (Å²) in [6.45, 7) is 6.27. The van der Waals surface area contributed by atoms with E-state index in [1.807, 2.05) is 13.0 Å². The van der Waals surface area contributed by atoms with Gasteiger partial charge in [0.25, 0.3) is 0 Å². The first-order valence-corrected chi connectivity index (χ1v) is 13.2. The van der Waals surface area contributed by atoms with E-state index in [2.05, 4.69) is 30.8 Å². The van der Waals surface area contributed by atoms with Crippen molar-refractivity contribution in [2.24, 2.45) is 17.8 Å². The molecule has 1 saturated heterocycles. The number of aryl methyl sites for hydroxylation is 1. The lowest BCUT2D eigenvalue weighted by atomic mass is 9.68. The lowest BCUT2D eigenvalue weighted by Crippen LogP contribution is -2.47. The van der Waals surface area contributed by atoms with E-state index < -0.39 is 5.67 Å². The average Bonchev–Trinajstić information content (AvgIpc) is 2.84. The molecule has 2 nitrogen and oxygen atoms in total. The topological polar surface area (TPSA) is 18.5 Å². The maximum atomic E-state index is 14.6. The Morgan fingerprint density at radius 2 is 1.47 bits per heavy atom. The molecule has 0 bridgehead atoms. The van der Waals surface area contributed by atoms with Gasteiger partial charge in [-0.25, -0.2) is 4.39 Å². The summed E-state index contributed by atoms with van der Waals surface area (Å²) in [6.07, 6.45) is 15.7. The molecule has 2 saturated carbocycles. The van der Waals surface area contributed by atoms with Gasteiger partial charge >= 0.3 is 0 Å². The number of ether oxygens (including phenoxy) is 2. The van der Waals surface area contributed by atoms with Crippen molar-refractivity contribution in [1.29, 1.82) is 0 Å². The van der Waals surface area contributed by atoms with E-state index in [9.17, 15) is 4.39 Å². The minimum absolute atomic E-state index is 0.179. The summed E-state index contributed by atoms with van der Waals surface area (Å²) in [7, 11) is 0. The van der Waals surface area contributed by atoms with Crippen molar-refractivity contribution >= 4 is 0 Å². The molecular weight excluding hydrogens is 399 g/mol. The summed E-state index contributed by atoms with van der Waals surface area (Å²) in [5, 5.41) is 0. The largest absolute Gasteiger partial charge is 0.349 e. The van der Waals surface area contributed by atoms with Gasteiger partial charge in [0.2, 0.25) is 0 Å². The Hall–Kier alpha value is -1.19. The Labute approximate surface area is 195 Å². The molecule has 0 unspecified atom stereocenters. The highest BCUT2D eigenvalue weighted by molar-refractivity contribution is 5.26. The Bertz CT molecular complexity index is 690. The number of benzene rings is 1. The standard InChI is InChI=1S/C29H43FO2/c1-3-5-6-22-7-9-23(10-8-22)24-11-13-25(14-12-24)26-15-17-27(18-16-26)28-31-20-29(30,19-4-2)21-32-28/h3,7-10,24-28H,1,4-6,11-21H2,2H3. The number of allylic oxidation sites excluding steroid dienone is 1. The van der Waals surface area contributed by atoms with Gasteiger partial charge in [-0.2, -0.15) is 0 Å². The van der Waals surface area contributed by atoms with Crippen LogP contribution in [0.4, 0.5) is 4.39 Å². The molecule has 3 aliphatic rings. The zero-order valence-electron chi connectivity index (χ0n) is 20.1. The lowest BCUT2D eigenvalue weighted by molar-refractivity contribution is -0.258. The van der Waals surface area contributed by atoms with Crippen LogP contribution in [0.5, 0.6) is 0 Å². The highest BCUT2D eigenvalue weighted by Crippen LogP contribution is 2.45. The third-order valence-corrected chi connectivity index (χ3v) is 8.44. The molecule has 0 N–H and O–H groups in total. The molecule has 1 aliphatic heterocycles. The first-order chi connectivity index (χ1) is 15.6. The van der Waals surface area contributed by atoms with Crippen molar-refractivity contribution in [1.82, 2.24) is 0 Å². The van der Waals surface area contributed by atoms with E-state index in [0.717, 1.165) is 37.0 Å². The van der Waals surface area contributed by atoms with Gasteiger partial charge in [-0.1, -0.05) is 43.7 Å². The van der Waals surface area contributed by atoms with Crippen LogP contribution < -0.4 is 0 Å². The second kappa shape index (κ2) is 11.3. The molecule has 3 heteroatoms. The van der Waals surface area contributed by atoms with Gasteiger partial charge in [0.05, 0.1) is 13.2 Å². The number of hydrogen-bond donors (Lipinski definition) is 0. The quantitative estimate of drug-likeness (QED) is 0.383. The maximum Gasteiger partial charge on any atom is 0.160 e. The van der Waals surface area contributed by atoms with Crippen LogP contribution in [-0.4, -0.2) is 25.2 Å². The molecule has 4 rings (SSSR count). The fourth-order valence-corrected chi connectivity index (χ4v) is 6.45. The lowest BCUT2D eigenvalue weighted by Gasteiger charge is -2.42. The summed E-state index contributed by atoms with van der Waals surface area (Å²) in [5.74, 6) is 2.94. The molecular formula is C29H43FO2. The Kier molecular flexibility index (Phi) is 8.45. The van der Waals surface area contributed by atoms with Crippen LogP contribution in [0.2, 0.25) is 0 Å². The molecule has 1 aromatic carbocycles. The van der Waals surface area contributed by atoms with Gasteiger partial charge in [0.15, 0.2) is 12.0 Å². The minimum Gasteiger partial charge on any atom is -0.349 e. The van der Waals surface area contributed by atoms with E-state index in [1.54, 1.807) is 0 Å². The van der Waals surface area contributed by atoms with Crippen LogP contribution in [0.3, 0.4) is 0 Å². The van der Waals surface area contributed by atoms with Crippen LogP contribution in [0.15, 0.2) is 36.9 Å². The smallest absolute Gasteiger partial charge is 0.160 e. The van der Waals surface area contributed by atoms with Gasteiger partial charge in [-0.05, 0) is 99.5 Å². The molecule has 2 aliphatic carbocycles. The number of hydrogen-bond acceptors (Lipinski definition) is 2. The summed E-state index contributed by atoms with van der Waals surface area (Å²) < 4.78 is 26.3. The van der Waals surface area contributed by atoms with Gasteiger partial charge < -0.3 is 9.47 Å². The second-order valence-electron chi connectivity index (χ2n) is 10.7. The zero-order chi connectivity index (χ0) is 22.4. The molecule has 1 aromatic rings. The van der Waals surface area contributed by atoms with E-state index >= 15 is 0 Å². The first kappa shape index (κ1) is 24.0. The fourth-order valence-electron chi connectivity index (χ4n) is 6.45. The molecule has 32 heavy (non-hydrogen) atoms. The summed E-state index contributed by atoms with van der Waals surface area (Å²) in [5.41, 5.74) is 1.69. The molecule has 0 aromatic heterocycles. The number of alkyl halides is 1. The second-order valence-corrected chi connectivity index (χ2v) is 10.7. The third kappa shape index (κ3) is 6.03. The predicted octanol–water partition coefficient (Wildman–Crippen LogP) is 7.77. The van der Waals surface area contributed by atoms with Gasteiger partial charge in [0, 0.05) is 5.92 Å². The predicted molar refractivity (Wildman–Crippen MR) is 130 cm³/mol. The summed E-state index contributed by atoms with van der Waals surface area (Å²) >= 11 is 0.